The van der Waals surface area contributed by atoms with Crippen molar-refractivity contribution in [2.45, 2.75) is 44.7 Å². The average Bonchev–Trinajstić information content (AvgIpc) is 2.14. The van der Waals surface area contributed by atoms with E-state index in [0.29, 0.717) is 0 Å². The van der Waals surface area contributed by atoms with E-state index in [1.54, 1.807) is 27.7 Å². The molecular formula is C13H22O2Si. The monoisotopic (exact) mass is 238 g/mol. The van der Waals surface area contributed by atoms with Gasteiger partial charge in [0.1, 0.15) is 0 Å². The average molecular weight is 238 g/mol. The van der Waals surface area contributed by atoms with E-state index in [2.05, 4.69) is 0 Å². The van der Waals surface area contributed by atoms with Gasteiger partial charge < -0.3 is 10.2 Å². The normalized spacial score (nSPS) is 13.9. The van der Waals surface area contributed by atoms with Gasteiger partial charge in [-0.05, 0) is 27.7 Å². The van der Waals surface area contributed by atoms with Crippen LogP contribution in [-0.2, 0) is 0 Å². The molecule has 1 rings (SSSR count). The molecule has 0 amide bonds. The summed E-state index contributed by atoms with van der Waals surface area (Å²) < 4.78 is 0. The highest BCUT2D eigenvalue weighted by molar-refractivity contribution is 6.95. The standard InChI is InChI=1S/C13H22O2Si/c1-12(2,14)16(5,13(3,4)15)11-9-7-6-8-10-11/h6-10,14-15H,1-5H3. The van der Waals surface area contributed by atoms with Crippen LogP contribution in [0.25, 0.3) is 0 Å². The van der Waals surface area contributed by atoms with Crippen LogP contribution in [0.3, 0.4) is 0 Å². The maximum Gasteiger partial charge on any atom is 0.153 e. The summed E-state index contributed by atoms with van der Waals surface area (Å²) in [6.07, 6.45) is 0. The maximum absolute atomic E-state index is 10.4. The molecule has 2 nitrogen and oxygen atoms in total. The molecule has 16 heavy (non-hydrogen) atoms. The van der Waals surface area contributed by atoms with Crippen LogP contribution < -0.4 is 5.19 Å². The summed E-state index contributed by atoms with van der Waals surface area (Å²) >= 11 is 0. The topological polar surface area (TPSA) is 40.5 Å². The van der Waals surface area contributed by atoms with Gasteiger partial charge in [0.05, 0.1) is 10.4 Å². The Hall–Kier alpha value is -0.643. The van der Waals surface area contributed by atoms with E-state index in [1.165, 1.54) is 0 Å². The molecule has 2 N–H and O–H groups in total. The first-order valence-corrected chi connectivity index (χ1v) is 8.11. The first-order valence-electron chi connectivity index (χ1n) is 5.61. The largest absolute Gasteiger partial charge is 0.393 e. The highest BCUT2D eigenvalue weighted by Gasteiger charge is 2.53. The number of rotatable bonds is 3. The van der Waals surface area contributed by atoms with Crippen LogP contribution >= 0.6 is 0 Å². The van der Waals surface area contributed by atoms with Crippen LogP contribution in [0, 0.1) is 0 Å². The minimum atomic E-state index is -2.42. The lowest BCUT2D eigenvalue weighted by molar-refractivity contribution is 0.106. The highest BCUT2D eigenvalue weighted by Crippen LogP contribution is 2.30. The maximum atomic E-state index is 10.4. The number of hydrogen-bond donors (Lipinski definition) is 2. The summed E-state index contributed by atoms with van der Waals surface area (Å²) in [5.74, 6) is 0. The summed E-state index contributed by atoms with van der Waals surface area (Å²) in [4.78, 5) is 0. The molecule has 0 radical (unpaired) electrons. The van der Waals surface area contributed by atoms with Crippen LogP contribution in [0.15, 0.2) is 30.3 Å². The van der Waals surface area contributed by atoms with Gasteiger partial charge in [-0.1, -0.05) is 42.1 Å². The van der Waals surface area contributed by atoms with Crippen molar-refractivity contribution in [3.8, 4) is 0 Å². The summed E-state index contributed by atoms with van der Waals surface area (Å²) in [6, 6.07) is 9.87. The van der Waals surface area contributed by atoms with Crippen molar-refractivity contribution in [2.75, 3.05) is 0 Å². The fraction of sp³-hybridized carbons (Fsp3) is 0.538. The molecule has 0 aliphatic heterocycles. The summed E-state index contributed by atoms with van der Waals surface area (Å²) in [5, 5.41) is 20.2. The van der Waals surface area contributed by atoms with Gasteiger partial charge >= 0.3 is 0 Å². The molecular weight excluding hydrogens is 216 g/mol. The Balaban J connectivity index is 3.39. The van der Waals surface area contributed by atoms with Crippen molar-refractivity contribution >= 4 is 13.3 Å². The van der Waals surface area contributed by atoms with Crippen molar-refractivity contribution in [3.63, 3.8) is 0 Å². The number of aliphatic hydroxyl groups is 2. The van der Waals surface area contributed by atoms with Gasteiger partial charge in [0, 0.05) is 0 Å². The van der Waals surface area contributed by atoms with Crippen molar-refractivity contribution < 1.29 is 10.2 Å². The zero-order chi connectivity index (χ0) is 12.6. The molecule has 0 aromatic heterocycles. The third-order valence-corrected chi connectivity index (χ3v) is 10.2. The minimum Gasteiger partial charge on any atom is -0.393 e. The van der Waals surface area contributed by atoms with E-state index < -0.39 is 18.5 Å². The lowest BCUT2D eigenvalue weighted by atomic mass is 10.4. The number of benzene rings is 1. The first-order chi connectivity index (χ1) is 7.11. The van der Waals surface area contributed by atoms with Gasteiger partial charge in [-0.3, -0.25) is 0 Å². The lowest BCUT2D eigenvalue weighted by Gasteiger charge is -2.47. The molecule has 90 valence electrons. The third-order valence-electron chi connectivity index (χ3n) is 3.80. The Bertz CT molecular complexity index is 332. The van der Waals surface area contributed by atoms with Crippen LogP contribution in [0.2, 0.25) is 6.55 Å². The van der Waals surface area contributed by atoms with Crippen LogP contribution in [-0.4, -0.2) is 28.7 Å². The van der Waals surface area contributed by atoms with Gasteiger partial charge in [-0.15, -0.1) is 0 Å². The van der Waals surface area contributed by atoms with Crippen LogP contribution in [0.5, 0.6) is 0 Å². The molecule has 1 aromatic carbocycles. The Morgan fingerprint density at radius 2 is 1.25 bits per heavy atom. The van der Waals surface area contributed by atoms with Crippen molar-refractivity contribution in [3.05, 3.63) is 30.3 Å². The molecule has 0 aliphatic carbocycles. The summed E-state index contributed by atoms with van der Waals surface area (Å²) in [7, 11) is -2.42. The zero-order valence-corrected chi connectivity index (χ0v) is 11.8. The second kappa shape index (κ2) is 3.98. The van der Waals surface area contributed by atoms with E-state index in [9.17, 15) is 10.2 Å². The Morgan fingerprint density at radius 3 is 1.56 bits per heavy atom. The van der Waals surface area contributed by atoms with E-state index >= 15 is 0 Å². The predicted molar refractivity (Wildman–Crippen MR) is 70.3 cm³/mol. The molecule has 0 spiro atoms. The smallest absolute Gasteiger partial charge is 0.153 e. The summed E-state index contributed by atoms with van der Waals surface area (Å²) in [5.41, 5.74) is 0. The first kappa shape index (κ1) is 13.4. The molecule has 0 saturated carbocycles. The summed E-state index contributed by atoms with van der Waals surface area (Å²) in [6.45, 7) is 9.21. The molecule has 3 heteroatoms. The van der Waals surface area contributed by atoms with Gasteiger partial charge in [0.15, 0.2) is 8.07 Å². The molecule has 0 atom stereocenters. The second-order valence-electron chi connectivity index (χ2n) is 5.61. The van der Waals surface area contributed by atoms with Gasteiger partial charge in [-0.2, -0.15) is 0 Å². The quantitative estimate of drug-likeness (QED) is 0.785. The molecule has 1 aromatic rings. The van der Waals surface area contributed by atoms with Crippen LogP contribution in [0.1, 0.15) is 27.7 Å². The molecule has 0 aliphatic rings. The van der Waals surface area contributed by atoms with E-state index in [4.69, 9.17) is 0 Å². The zero-order valence-electron chi connectivity index (χ0n) is 10.8. The second-order valence-corrected chi connectivity index (χ2v) is 10.9. The molecule has 0 saturated heterocycles. The third kappa shape index (κ3) is 2.07. The predicted octanol–water partition coefficient (Wildman–Crippen LogP) is 1.59. The van der Waals surface area contributed by atoms with Gasteiger partial charge in [0.25, 0.3) is 0 Å². The molecule has 0 bridgehead atoms. The van der Waals surface area contributed by atoms with Gasteiger partial charge in [-0.25, -0.2) is 0 Å². The van der Waals surface area contributed by atoms with Gasteiger partial charge in [0.2, 0.25) is 0 Å². The Labute approximate surface area is 99.0 Å². The van der Waals surface area contributed by atoms with E-state index in [-0.39, 0.29) is 0 Å². The van der Waals surface area contributed by atoms with E-state index in [0.717, 1.165) is 5.19 Å². The molecule has 0 fully saturated rings. The van der Waals surface area contributed by atoms with Crippen molar-refractivity contribution in [1.82, 2.24) is 0 Å². The van der Waals surface area contributed by atoms with Crippen LogP contribution in [0.4, 0.5) is 0 Å². The SMILES string of the molecule is CC(C)(O)[Si](C)(c1ccccc1)C(C)(C)O. The fourth-order valence-electron chi connectivity index (χ4n) is 2.23. The lowest BCUT2D eigenvalue weighted by Crippen LogP contribution is -2.73. The molecule has 0 unspecified atom stereocenters. The van der Waals surface area contributed by atoms with Crippen molar-refractivity contribution in [1.29, 1.82) is 0 Å². The Morgan fingerprint density at radius 1 is 0.875 bits per heavy atom. The number of hydrogen-bond acceptors (Lipinski definition) is 2. The van der Waals surface area contributed by atoms with Crippen molar-refractivity contribution in [2.24, 2.45) is 0 Å². The van der Waals surface area contributed by atoms with E-state index in [1.807, 2.05) is 36.9 Å². The Kier molecular flexibility index (Phi) is 3.34. The highest BCUT2D eigenvalue weighted by atomic mass is 28.3. The fourth-order valence-corrected chi connectivity index (χ4v) is 6.00. The minimum absolute atomic E-state index is 0.868. The molecule has 0 heterocycles.